The van der Waals surface area contributed by atoms with Crippen LogP contribution in [0.15, 0.2) is 16.7 Å². The molecule has 86 valence electrons. The molecular weight excluding hydrogens is 188 g/mol. The molecule has 1 aromatic heterocycles. The first-order valence-electron chi connectivity index (χ1n) is 5.48. The van der Waals surface area contributed by atoms with Gasteiger partial charge in [-0.2, -0.15) is 0 Å². The molecule has 0 spiro atoms. The zero-order chi connectivity index (χ0) is 11.3. The predicted octanol–water partition coefficient (Wildman–Crippen LogP) is 2.07. The third-order valence-corrected chi connectivity index (χ3v) is 2.21. The van der Waals surface area contributed by atoms with Gasteiger partial charge in [-0.15, -0.1) is 0 Å². The van der Waals surface area contributed by atoms with Crippen LogP contribution in [-0.4, -0.2) is 18.6 Å². The Balaban J connectivity index is 2.10. The van der Waals surface area contributed by atoms with Gasteiger partial charge in [0.1, 0.15) is 5.76 Å². The Morgan fingerprint density at radius 1 is 1.27 bits per heavy atom. The van der Waals surface area contributed by atoms with Gasteiger partial charge >= 0.3 is 0 Å². The molecule has 0 radical (unpaired) electrons. The van der Waals surface area contributed by atoms with E-state index in [0.717, 1.165) is 25.4 Å². The lowest BCUT2D eigenvalue weighted by molar-refractivity contribution is 0.414. The van der Waals surface area contributed by atoms with E-state index >= 15 is 0 Å². The first-order chi connectivity index (χ1) is 6.99. The summed E-state index contributed by atoms with van der Waals surface area (Å²) in [4.78, 5) is 0. The molecule has 3 heteroatoms. The highest BCUT2D eigenvalue weighted by atomic mass is 16.3. The maximum atomic E-state index is 5.33. The van der Waals surface area contributed by atoms with E-state index in [0.29, 0.717) is 0 Å². The van der Waals surface area contributed by atoms with E-state index in [2.05, 4.69) is 38.3 Å². The van der Waals surface area contributed by atoms with Crippen LogP contribution in [0.25, 0.3) is 0 Å². The minimum atomic E-state index is 0.197. The topological polar surface area (TPSA) is 37.2 Å². The van der Waals surface area contributed by atoms with Gasteiger partial charge in [-0.3, -0.25) is 0 Å². The van der Waals surface area contributed by atoms with Gasteiger partial charge in [-0.1, -0.05) is 0 Å². The SMILES string of the molecule is Cc1ccoc1CNCCNC(C)(C)C. The fourth-order valence-corrected chi connectivity index (χ4v) is 1.31. The molecule has 0 atom stereocenters. The van der Waals surface area contributed by atoms with Crippen molar-refractivity contribution in [1.29, 1.82) is 0 Å². The number of aryl methyl sites for hydroxylation is 1. The minimum Gasteiger partial charge on any atom is -0.468 e. The van der Waals surface area contributed by atoms with E-state index in [9.17, 15) is 0 Å². The number of furan rings is 1. The number of rotatable bonds is 5. The molecule has 2 N–H and O–H groups in total. The van der Waals surface area contributed by atoms with Gasteiger partial charge in [0.05, 0.1) is 12.8 Å². The van der Waals surface area contributed by atoms with Gasteiger partial charge in [-0.05, 0) is 39.3 Å². The van der Waals surface area contributed by atoms with Gasteiger partial charge in [-0.25, -0.2) is 0 Å². The lowest BCUT2D eigenvalue weighted by Gasteiger charge is -2.20. The summed E-state index contributed by atoms with van der Waals surface area (Å²) in [5.41, 5.74) is 1.41. The second kappa shape index (κ2) is 5.33. The second-order valence-corrected chi connectivity index (χ2v) is 4.88. The van der Waals surface area contributed by atoms with Crippen LogP contribution in [0.2, 0.25) is 0 Å². The van der Waals surface area contributed by atoms with Crippen LogP contribution >= 0.6 is 0 Å². The molecule has 15 heavy (non-hydrogen) atoms. The maximum absolute atomic E-state index is 5.33. The average molecular weight is 210 g/mol. The van der Waals surface area contributed by atoms with Gasteiger partial charge in [0.15, 0.2) is 0 Å². The van der Waals surface area contributed by atoms with Crippen LogP contribution < -0.4 is 10.6 Å². The van der Waals surface area contributed by atoms with Crippen molar-refractivity contribution in [1.82, 2.24) is 10.6 Å². The normalized spacial score (nSPS) is 12.0. The lowest BCUT2D eigenvalue weighted by atomic mass is 10.1. The van der Waals surface area contributed by atoms with E-state index in [-0.39, 0.29) is 5.54 Å². The van der Waals surface area contributed by atoms with E-state index in [1.807, 2.05) is 6.07 Å². The molecule has 0 fully saturated rings. The van der Waals surface area contributed by atoms with Crippen molar-refractivity contribution >= 4 is 0 Å². The van der Waals surface area contributed by atoms with Crippen molar-refractivity contribution in [3.05, 3.63) is 23.7 Å². The summed E-state index contributed by atoms with van der Waals surface area (Å²) >= 11 is 0. The Labute approximate surface area is 92.2 Å². The molecular formula is C12H22N2O. The molecule has 0 bridgehead atoms. The van der Waals surface area contributed by atoms with Gasteiger partial charge in [0.25, 0.3) is 0 Å². The third kappa shape index (κ3) is 5.00. The Bertz CT molecular complexity index is 286. The second-order valence-electron chi connectivity index (χ2n) is 4.88. The molecule has 0 aliphatic carbocycles. The summed E-state index contributed by atoms with van der Waals surface area (Å²) in [5.74, 6) is 1.03. The van der Waals surface area contributed by atoms with E-state index in [1.54, 1.807) is 6.26 Å². The van der Waals surface area contributed by atoms with E-state index in [1.165, 1.54) is 5.56 Å². The Morgan fingerprint density at radius 2 is 2.00 bits per heavy atom. The summed E-state index contributed by atoms with van der Waals surface area (Å²) < 4.78 is 5.33. The van der Waals surface area contributed by atoms with E-state index in [4.69, 9.17) is 4.42 Å². The molecule has 0 aromatic carbocycles. The fourth-order valence-electron chi connectivity index (χ4n) is 1.31. The maximum Gasteiger partial charge on any atom is 0.120 e. The van der Waals surface area contributed by atoms with Crippen LogP contribution in [0.3, 0.4) is 0 Å². The zero-order valence-electron chi connectivity index (χ0n) is 10.2. The number of nitrogens with one attached hydrogen (secondary N) is 2. The van der Waals surface area contributed by atoms with Gasteiger partial charge < -0.3 is 15.1 Å². The number of hydrogen-bond donors (Lipinski definition) is 2. The quantitative estimate of drug-likeness (QED) is 0.731. The summed E-state index contributed by atoms with van der Waals surface area (Å²) in [7, 11) is 0. The summed E-state index contributed by atoms with van der Waals surface area (Å²) in [5, 5.41) is 6.77. The van der Waals surface area contributed by atoms with Crippen molar-refractivity contribution in [2.45, 2.75) is 39.8 Å². The molecule has 0 unspecified atom stereocenters. The van der Waals surface area contributed by atoms with Crippen molar-refractivity contribution in [3.8, 4) is 0 Å². The molecule has 0 aliphatic rings. The van der Waals surface area contributed by atoms with Crippen molar-refractivity contribution < 1.29 is 4.42 Å². The van der Waals surface area contributed by atoms with Crippen molar-refractivity contribution in [2.75, 3.05) is 13.1 Å². The van der Waals surface area contributed by atoms with Crippen LogP contribution in [0.1, 0.15) is 32.1 Å². The first-order valence-corrected chi connectivity index (χ1v) is 5.48. The lowest BCUT2D eigenvalue weighted by Crippen LogP contribution is -2.40. The Hall–Kier alpha value is -0.800. The highest BCUT2D eigenvalue weighted by molar-refractivity contribution is 5.13. The highest BCUT2D eigenvalue weighted by Gasteiger charge is 2.07. The summed E-state index contributed by atoms with van der Waals surface area (Å²) in [6.45, 7) is 11.3. The van der Waals surface area contributed by atoms with Crippen LogP contribution in [0, 0.1) is 6.92 Å². The Morgan fingerprint density at radius 3 is 2.53 bits per heavy atom. The first kappa shape index (κ1) is 12.3. The largest absolute Gasteiger partial charge is 0.468 e. The molecule has 0 aliphatic heterocycles. The molecule has 1 rings (SSSR count). The highest BCUT2D eigenvalue weighted by Crippen LogP contribution is 2.07. The van der Waals surface area contributed by atoms with Crippen LogP contribution in [-0.2, 0) is 6.54 Å². The van der Waals surface area contributed by atoms with Crippen LogP contribution in [0.4, 0.5) is 0 Å². The summed E-state index contributed by atoms with van der Waals surface area (Å²) in [6.07, 6.45) is 1.74. The smallest absolute Gasteiger partial charge is 0.120 e. The molecule has 1 heterocycles. The predicted molar refractivity (Wildman–Crippen MR) is 62.9 cm³/mol. The van der Waals surface area contributed by atoms with Crippen molar-refractivity contribution in [2.24, 2.45) is 0 Å². The van der Waals surface area contributed by atoms with Crippen LogP contribution in [0.5, 0.6) is 0 Å². The van der Waals surface area contributed by atoms with Gasteiger partial charge in [0.2, 0.25) is 0 Å². The van der Waals surface area contributed by atoms with Crippen molar-refractivity contribution in [3.63, 3.8) is 0 Å². The fraction of sp³-hybridized carbons (Fsp3) is 0.667. The summed E-state index contributed by atoms with van der Waals surface area (Å²) in [6, 6.07) is 1.99. The minimum absolute atomic E-state index is 0.197. The monoisotopic (exact) mass is 210 g/mol. The molecule has 0 saturated carbocycles. The van der Waals surface area contributed by atoms with Gasteiger partial charge in [0, 0.05) is 18.6 Å². The molecule has 1 aromatic rings. The van der Waals surface area contributed by atoms with E-state index < -0.39 is 0 Å². The molecule has 3 nitrogen and oxygen atoms in total. The average Bonchev–Trinajstić information content (AvgIpc) is 2.49. The Kier molecular flexibility index (Phi) is 4.36. The third-order valence-electron chi connectivity index (χ3n) is 2.21. The zero-order valence-corrected chi connectivity index (χ0v) is 10.2. The molecule has 0 amide bonds. The standard InChI is InChI=1S/C12H22N2O/c1-10-5-8-15-11(10)9-13-6-7-14-12(2,3)4/h5,8,13-14H,6-7,9H2,1-4H3. The number of hydrogen-bond acceptors (Lipinski definition) is 3. The molecule has 0 saturated heterocycles.